The maximum atomic E-state index is 4.39. The molecular weight excluding hydrogens is 207 g/mol. The van der Waals surface area contributed by atoms with Gasteiger partial charge in [0.05, 0.1) is 0 Å². The van der Waals surface area contributed by atoms with Crippen molar-refractivity contribution in [2.45, 2.75) is -0.490 Å². The van der Waals surface area contributed by atoms with Crippen LogP contribution >= 0.6 is 0 Å². The maximum absolute atomic E-state index is 4.39. The average molecular weight is 219 g/mol. The summed E-state index contributed by atoms with van der Waals surface area (Å²) in [6.45, 7) is 4.39. The second-order valence-electron chi connectivity index (χ2n) is 4.06. The van der Waals surface area contributed by atoms with Gasteiger partial charge < -0.3 is 0 Å². The van der Waals surface area contributed by atoms with E-state index in [0.717, 1.165) is 0 Å². The molecule has 0 atom stereocenters. The Morgan fingerprint density at radius 1 is 0.733 bits per heavy atom. The molecule has 1 radical (unpaired) electrons. The van der Waals surface area contributed by atoms with E-state index in [2.05, 4.69) is 67.6 Å². The normalized spacial score (nSPS) is 11.4. The van der Waals surface area contributed by atoms with Gasteiger partial charge in [-0.15, -0.1) is 0 Å². The zero-order chi connectivity index (χ0) is 10.7. The van der Waals surface area contributed by atoms with Crippen LogP contribution in [0.25, 0.3) is 0 Å². The van der Waals surface area contributed by atoms with Gasteiger partial charge in [0, 0.05) is 0 Å². The Hall–Kier alpha value is 0.0764. The second kappa shape index (κ2) is 4.94. The van der Waals surface area contributed by atoms with Gasteiger partial charge in [0.1, 0.15) is 0 Å². The van der Waals surface area contributed by atoms with E-state index < -0.39 is 0 Å². The van der Waals surface area contributed by atoms with E-state index in [1.165, 1.54) is 11.1 Å². The molecule has 0 nitrogen and oxygen atoms in total. The van der Waals surface area contributed by atoms with Crippen molar-refractivity contribution >= 4 is 49.0 Å². The molecule has 0 N–H and O–H groups in total. The fourth-order valence-electron chi connectivity index (χ4n) is 1.78. The Bertz CT molecular complexity index is 376. The zero-order valence-electron chi connectivity index (χ0n) is 8.98. The van der Waals surface area contributed by atoms with Crippen molar-refractivity contribution in [2.24, 2.45) is 0 Å². The van der Waals surface area contributed by atoms with Crippen LogP contribution < -0.4 is 0 Å². The van der Waals surface area contributed by atoms with Gasteiger partial charge in [0.25, 0.3) is 0 Å². The molecule has 0 saturated carbocycles. The van der Waals surface area contributed by atoms with Crippen molar-refractivity contribution in [3.05, 3.63) is 78.7 Å². The third kappa shape index (κ3) is 2.60. The van der Waals surface area contributed by atoms with Crippen molar-refractivity contribution in [1.29, 1.82) is 0 Å². The molecule has 0 bridgehead atoms. The molecule has 15 heavy (non-hydrogen) atoms. The predicted molar refractivity (Wildman–Crippen MR) is 64.8 cm³/mol. The first-order chi connectivity index (χ1) is 7.21. The Kier molecular flexibility index (Phi) is 3.81. The van der Waals surface area contributed by atoms with Crippen molar-refractivity contribution in [1.82, 2.24) is 0 Å². The van der Waals surface area contributed by atoms with E-state index in [9.17, 15) is 0 Å². The number of rotatable bonds is 2. The molecule has 1 heteroatoms. The summed E-state index contributed by atoms with van der Waals surface area (Å²) in [7, 11) is 0. The van der Waals surface area contributed by atoms with Gasteiger partial charge in [-0.3, -0.25) is 0 Å². The molecule has 0 aliphatic heterocycles. The summed E-state index contributed by atoms with van der Waals surface area (Å²) in [5.41, 5.74) is 2.66. The Balaban J connectivity index is 2.44. The van der Waals surface area contributed by atoms with Crippen LogP contribution in [0.4, 0.5) is 0 Å². The summed E-state index contributed by atoms with van der Waals surface area (Å²) in [5, 5.41) is 0. The van der Waals surface area contributed by atoms with Gasteiger partial charge in [0.2, 0.25) is 0 Å². The average Bonchev–Trinajstić information content (AvgIpc) is 2.31. The molecule has 0 amide bonds. The molecule has 0 unspecified atom stereocenters. The van der Waals surface area contributed by atoms with Crippen LogP contribution in [-0.4, -0.2) is 49.0 Å². The van der Waals surface area contributed by atoms with E-state index in [-0.39, 0.29) is -0.490 Å². The third-order valence-corrected chi connectivity index (χ3v) is 4.62. The van der Waals surface area contributed by atoms with Crippen LogP contribution in [0.2, 0.25) is 0 Å². The van der Waals surface area contributed by atoms with Crippen molar-refractivity contribution in [3.8, 4) is 0 Å². The van der Waals surface area contributed by atoms with Gasteiger partial charge in [-0.25, -0.2) is 0 Å². The second-order valence-corrected chi connectivity index (χ2v) is 6.73. The summed E-state index contributed by atoms with van der Waals surface area (Å²) < 4.78 is 0.0233. The number of benzene rings is 2. The molecule has 0 heterocycles. The minimum absolute atomic E-state index is 0.0233. The fourth-order valence-corrected chi connectivity index (χ4v) is 2.82. The molecule has 0 aliphatic carbocycles. The topological polar surface area (TPSA) is 0 Å². The number of hydrogen-bond acceptors (Lipinski definition) is 0. The first kappa shape index (κ1) is 11.6. The van der Waals surface area contributed by atoms with Crippen LogP contribution in [0.3, 0.4) is 0 Å². The third-order valence-electron chi connectivity index (χ3n) is 2.82. The quantitative estimate of drug-likeness (QED) is 0.681. The Morgan fingerprint density at radius 3 is 1.40 bits per heavy atom. The monoisotopic (exact) mass is 219 g/mol. The van der Waals surface area contributed by atoms with E-state index >= 15 is 0 Å². The molecule has 69 valence electrons. The predicted octanol–water partition coefficient (Wildman–Crippen LogP) is 2.93. The molecule has 2 aromatic rings. The number of hydrogen-bond donors (Lipinski definition) is 0. The fraction of sp³-hybridized carbons (Fsp3) is 0.0714. The Morgan fingerprint density at radius 2 is 1.07 bits per heavy atom. The van der Waals surface area contributed by atoms with E-state index in [0.29, 0.717) is 49.0 Å². The summed E-state index contributed by atoms with van der Waals surface area (Å²) in [6.07, 6.45) is 0. The molecule has 2 aromatic carbocycles. The van der Waals surface area contributed by atoms with E-state index in [1.807, 2.05) is 0 Å². The van der Waals surface area contributed by atoms with Crippen molar-refractivity contribution < 1.29 is 0 Å². The van der Waals surface area contributed by atoms with Gasteiger partial charge in [-0.05, 0) is 0 Å². The summed E-state index contributed by atoms with van der Waals surface area (Å²) in [6, 6.07) is 21.1. The standard InChI is InChI=1S/C14H12.K/c1-12(13-8-4-2-5-9-13)14-10-6-3-7-11-14;/h2-11H,1H2;. The molecular formula is C14H12K. The first-order valence-electron chi connectivity index (χ1n) is 5.17. The Labute approximate surface area is 125 Å². The van der Waals surface area contributed by atoms with E-state index in [1.54, 1.807) is 0 Å². The van der Waals surface area contributed by atoms with Gasteiger partial charge >= 0.3 is 127 Å². The molecule has 0 aliphatic rings. The molecule has 0 fully saturated rings. The summed E-state index contributed by atoms with van der Waals surface area (Å²) in [4.78, 5) is 0. The molecule has 2 rings (SSSR count). The van der Waals surface area contributed by atoms with Crippen LogP contribution in [0.15, 0.2) is 60.7 Å². The minimum atomic E-state index is 0.0233. The van der Waals surface area contributed by atoms with Gasteiger partial charge in [-0.2, -0.15) is 0 Å². The van der Waals surface area contributed by atoms with Crippen LogP contribution in [0.5, 0.6) is 0 Å². The summed E-state index contributed by atoms with van der Waals surface area (Å²) >= 11 is 0.614. The molecule has 0 aromatic heterocycles. The first-order valence-corrected chi connectivity index (χ1v) is 6.74. The molecule has 0 spiro atoms. The van der Waals surface area contributed by atoms with Crippen molar-refractivity contribution in [3.63, 3.8) is 0 Å². The van der Waals surface area contributed by atoms with Crippen LogP contribution in [0, 0.1) is 6.92 Å². The van der Waals surface area contributed by atoms with Crippen molar-refractivity contribution in [2.75, 3.05) is 0 Å². The van der Waals surface area contributed by atoms with Gasteiger partial charge in [0.15, 0.2) is 0 Å². The van der Waals surface area contributed by atoms with Crippen LogP contribution in [-0.2, 0) is -0.490 Å². The summed E-state index contributed by atoms with van der Waals surface area (Å²) in [5.74, 6) is 0. The molecule has 0 saturated heterocycles. The zero-order valence-corrected chi connectivity index (χ0v) is 12.1. The van der Waals surface area contributed by atoms with Gasteiger partial charge in [-0.1, -0.05) is 0 Å². The van der Waals surface area contributed by atoms with E-state index in [4.69, 9.17) is 0 Å². The van der Waals surface area contributed by atoms with Crippen LogP contribution in [0.1, 0.15) is 11.1 Å². The SMILES string of the molecule is [CH2][C]([K])(c1ccccc1)c1ccccc1.